The molecule has 0 aliphatic heterocycles. The van der Waals surface area contributed by atoms with E-state index in [2.05, 4.69) is 85.4 Å². The number of hydrogen-bond acceptors (Lipinski definition) is 0. The summed E-state index contributed by atoms with van der Waals surface area (Å²) in [5.74, 6) is 2.79. The average Bonchev–Trinajstić information content (AvgIpc) is 2.80. The molecule has 2 saturated carbocycles. The van der Waals surface area contributed by atoms with Crippen molar-refractivity contribution < 1.29 is 4.57 Å². The Morgan fingerprint density at radius 1 is 0.767 bits per heavy atom. The second-order valence-corrected chi connectivity index (χ2v) is 9.66. The molecule has 2 aliphatic carbocycles. The minimum atomic E-state index is 0.773. The Morgan fingerprint density at radius 2 is 1.53 bits per heavy atom. The van der Waals surface area contributed by atoms with Crippen molar-refractivity contribution in [1.29, 1.82) is 0 Å². The average molecular weight is 397 g/mol. The second-order valence-electron chi connectivity index (χ2n) is 9.66. The van der Waals surface area contributed by atoms with Crippen LogP contribution in [-0.2, 0) is 7.05 Å². The number of rotatable bonds is 3. The van der Waals surface area contributed by atoms with Crippen molar-refractivity contribution in [3.8, 4) is 22.4 Å². The number of pyridine rings is 1. The molecular formula is C29H34N+. The zero-order chi connectivity index (χ0) is 20.5. The fraction of sp³-hybridized carbons (Fsp3) is 0.414. The van der Waals surface area contributed by atoms with E-state index in [0.29, 0.717) is 0 Å². The predicted octanol–water partition coefficient (Wildman–Crippen LogP) is 7.23. The van der Waals surface area contributed by atoms with Crippen molar-refractivity contribution in [3.63, 3.8) is 0 Å². The number of fused-ring (bicyclic) bond motifs is 1. The molecule has 3 atom stereocenters. The van der Waals surface area contributed by atoms with Crippen molar-refractivity contribution in [2.45, 2.75) is 57.8 Å². The van der Waals surface area contributed by atoms with Gasteiger partial charge in [0.1, 0.15) is 7.05 Å². The van der Waals surface area contributed by atoms with E-state index in [1.165, 1.54) is 72.9 Å². The van der Waals surface area contributed by atoms with Crippen LogP contribution in [0.3, 0.4) is 0 Å². The zero-order valence-corrected chi connectivity index (χ0v) is 18.5. The van der Waals surface area contributed by atoms with Crippen molar-refractivity contribution >= 4 is 0 Å². The molecule has 0 amide bonds. The van der Waals surface area contributed by atoms with Gasteiger partial charge in [-0.25, -0.2) is 4.57 Å². The van der Waals surface area contributed by atoms with E-state index in [9.17, 15) is 0 Å². The van der Waals surface area contributed by atoms with Crippen LogP contribution >= 0.6 is 0 Å². The summed E-state index contributed by atoms with van der Waals surface area (Å²) in [7, 11) is 2.14. The molecule has 0 N–H and O–H groups in total. The maximum absolute atomic E-state index is 2.41. The number of benzene rings is 2. The summed E-state index contributed by atoms with van der Waals surface area (Å²) in [6, 6.07) is 22.7. The first-order chi connectivity index (χ1) is 14.7. The van der Waals surface area contributed by atoms with Gasteiger partial charge in [0.25, 0.3) is 0 Å². The van der Waals surface area contributed by atoms with Crippen LogP contribution in [0.25, 0.3) is 22.4 Å². The molecule has 2 fully saturated rings. The summed E-state index contributed by atoms with van der Waals surface area (Å²) >= 11 is 0. The fourth-order valence-corrected chi connectivity index (χ4v) is 6.00. The highest BCUT2D eigenvalue weighted by molar-refractivity contribution is 5.70. The molecule has 5 rings (SSSR count). The Hall–Kier alpha value is -2.41. The molecule has 0 saturated heterocycles. The van der Waals surface area contributed by atoms with Crippen LogP contribution in [0.15, 0.2) is 66.9 Å². The van der Waals surface area contributed by atoms with Crippen LogP contribution in [0.4, 0.5) is 0 Å². The van der Waals surface area contributed by atoms with Crippen molar-refractivity contribution in [2.75, 3.05) is 0 Å². The van der Waals surface area contributed by atoms with E-state index in [4.69, 9.17) is 0 Å². The molecule has 30 heavy (non-hydrogen) atoms. The van der Waals surface area contributed by atoms with Gasteiger partial charge in [0.15, 0.2) is 6.20 Å². The Balaban J connectivity index is 1.38. The molecule has 1 nitrogen and oxygen atoms in total. The minimum absolute atomic E-state index is 0.773. The molecule has 154 valence electrons. The summed E-state index contributed by atoms with van der Waals surface area (Å²) in [4.78, 5) is 0. The lowest BCUT2D eigenvalue weighted by molar-refractivity contribution is -0.660. The lowest BCUT2D eigenvalue weighted by Crippen LogP contribution is -2.30. The minimum Gasteiger partial charge on any atom is -0.201 e. The standard InChI is InChI=1S/C29H34N/c1-21-7-3-6-10-28(21)29-20-27(17-18-30(29)2)24-13-11-23(12-14-24)26-16-15-22-8-4-5-9-25(22)19-26/h3,6-7,10-14,17-18,20,22,25-26H,4-5,8-9,15-16,19H2,1-2H3/q+1/t22?,25-,26?/m0/s1. The Bertz CT molecular complexity index is 1020. The molecule has 2 aliphatic rings. The van der Waals surface area contributed by atoms with Crippen LogP contribution in [0.2, 0.25) is 0 Å². The van der Waals surface area contributed by atoms with Gasteiger partial charge < -0.3 is 0 Å². The highest BCUT2D eigenvalue weighted by atomic mass is 14.9. The third kappa shape index (κ3) is 3.83. The number of aromatic nitrogens is 1. The zero-order valence-electron chi connectivity index (χ0n) is 18.5. The molecule has 2 unspecified atom stereocenters. The van der Waals surface area contributed by atoms with Crippen molar-refractivity contribution in [1.82, 2.24) is 0 Å². The largest absolute Gasteiger partial charge is 0.213 e. The molecular weight excluding hydrogens is 362 g/mol. The number of aryl methyl sites for hydroxylation is 2. The lowest BCUT2D eigenvalue weighted by Gasteiger charge is -2.39. The first-order valence-electron chi connectivity index (χ1n) is 11.8. The van der Waals surface area contributed by atoms with Gasteiger partial charge in [0, 0.05) is 17.7 Å². The summed E-state index contributed by atoms with van der Waals surface area (Å²) in [6.07, 6.45) is 12.3. The molecule has 0 radical (unpaired) electrons. The summed E-state index contributed by atoms with van der Waals surface area (Å²) < 4.78 is 2.23. The van der Waals surface area contributed by atoms with Gasteiger partial charge >= 0.3 is 0 Å². The normalized spacial score (nSPS) is 23.7. The lowest BCUT2D eigenvalue weighted by atomic mass is 9.66. The van der Waals surface area contributed by atoms with Gasteiger partial charge in [0.05, 0.1) is 0 Å². The van der Waals surface area contributed by atoms with Gasteiger partial charge in [-0.1, -0.05) is 68.1 Å². The maximum atomic E-state index is 2.41. The Morgan fingerprint density at radius 3 is 2.33 bits per heavy atom. The summed E-state index contributed by atoms with van der Waals surface area (Å²) in [6.45, 7) is 2.19. The molecule has 1 aromatic heterocycles. The fourth-order valence-electron chi connectivity index (χ4n) is 6.00. The van der Waals surface area contributed by atoms with Crippen LogP contribution < -0.4 is 4.57 Å². The number of nitrogens with zero attached hydrogens (tertiary/aromatic N) is 1. The third-order valence-corrected chi connectivity index (χ3v) is 7.83. The van der Waals surface area contributed by atoms with Crippen molar-refractivity contribution in [3.05, 3.63) is 78.0 Å². The van der Waals surface area contributed by atoms with Crippen LogP contribution in [0, 0.1) is 18.8 Å². The summed E-state index contributed by atoms with van der Waals surface area (Å²) in [5, 5.41) is 0. The SMILES string of the molecule is Cc1ccccc1-c1cc(-c2ccc(C3CCC4CCCC[C@H]4C3)cc2)cc[n+]1C. The first-order valence-corrected chi connectivity index (χ1v) is 11.8. The quantitative estimate of drug-likeness (QED) is 0.411. The van der Waals surface area contributed by atoms with Gasteiger partial charge in [-0.05, 0) is 72.3 Å². The molecule has 0 bridgehead atoms. The van der Waals surface area contributed by atoms with Gasteiger partial charge in [-0.2, -0.15) is 0 Å². The third-order valence-electron chi connectivity index (χ3n) is 7.83. The van der Waals surface area contributed by atoms with Gasteiger partial charge in [-0.3, -0.25) is 0 Å². The Labute approximate surface area is 181 Å². The maximum Gasteiger partial charge on any atom is 0.213 e. The smallest absolute Gasteiger partial charge is 0.201 e. The molecule has 3 aromatic rings. The molecule has 2 aromatic carbocycles. The van der Waals surface area contributed by atoms with E-state index in [-0.39, 0.29) is 0 Å². The highest BCUT2D eigenvalue weighted by Gasteiger charge is 2.32. The first kappa shape index (κ1) is 19.5. The van der Waals surface area contributed by atoms with E-state index in [1.54, 1.807) is 5.56 Å². The highest BCUT2D eigenvalue weighted by Crippen LogP contribution is 2.46. The van der Waals surface area contributed by atoms with Crippen LogP contribution in [-0.4, -0.2) is 0 Å². The Kier molecular flexibility index (Phi) is 5.46. The second kappa shape index (κ2) is 8.38. The van der Waals surface area contributed by atoms with Gasteiger partial charge in [0.2, 0.25) is 5.69 Å². The van der Waals surface area contributed by atoms with Crippen LogP contribution in [0.1, 0.15) is 62.0 Å². The topological polar surface area (TPSA) is 3.88 Å². The van der Waals surface area contributed by atoms with Gasteiger partial charge in [-0.15, -0.1) is 0 Å². The molecule has 0 spiro atoms. The predicted molar refractivity (Wildman–Crippen MR) is 125 cm³/mol. The number of hydrogen-bond donors (Lipinski definition) is 0. The summed E-state index contributed by atoms with van der Waals surface area (Å²) in [5.41, 5.74) is 8.07. The van der Waals surface area contributed by atoms with Crippen molar-refractivity contribution in [2.24, 2.45) is 18.9 Å². The molecule has 1 heteroatoms. The van der Waals surface area contributed by atoms with E-state index in [1.807, 2.05) is 0 Å². The van der Waals surface area contributed by atoms with E-state index < -0.39 is 0 Å². The van der Waals surface area contributed by atoms with Crippen LogP contribution in [0.5, 0.6) is 0 Å². The van der Waals surface area contributed by atoms with E-state index >= 15 is 0 Å². The monoisotopic (exact) mass is 396 g/mol. The molecule has 1 heterocycles. The van der Waals surface area contributed by atoms with E-state index in [0.717, 1.165) is 17.8 Å².